The van der Waals surface area contributed by atoms with Crippen molar-refractivity contribution >= 4 is 5.91 Å². The van der Waals surface area contributed by atoms with E-state index in [0.717, 1.165) is 0 Å². The molecule has 0 fully saturated rings. The number of carbonyl (C=O) groups is 1. The number of halogens is 2. The van der Waals surface area contributed by atoms with Crippen LogP contribution >= 0.6 is 0 Å². The van der Waals surface area contributed by atoms with Crippen molar-refractivity contribution in [1.29, 1.82) is 0 Å². The molecule has 0 bridgehead atoms. The molecule has 0 unspecified atom stereocenters. The molecular weight excluding hydrogens is 282 g/mol. The monoisotopic (exact) mass is 302 g/mol. The molecule has 0 saturated heterocycles. The fourth-order valence-electron chi connectivity index (χ4n) is 1.74. The highest BCUT2D eigenvalue weighted by atomic mass is 19.3. The minimum atomic E-state index is -2.96. The van der Waals surface area contributed by atoms with Crippen LogP contribution in [0.25, 0.3) is 0 Å². The summed E-state index contributed by atoms with van der Waals surface area (Å²) < 4.78 is 34.8. The van der Waals surface area contributed by atoms with Gasteiger partial charge in [0.1, 0.15) is 0 Å². The number of hydrogen-bond donors (Lipinski definition) is 2. The maximum atomic E-state index is 12.5. The van der Waals surface area contributed by atoms with Crippen LogP contribution in [0.15, 0.2) is 18.2 Å². The summed E-state index contributed by atoms with van der Waals surface area (Å²) in [5.41, 5.74) is 5.75. The molecule has 1 rings (SSSR count). The average Bonchev–Trinajstić information content (AvgIpc) is 2.45. The zero-order valence-corrected chi connectivity index (χ0v) is 11.9. The highest BCUT2D eigenvalue weighted by Crippen LogP contribution is 2.32. The Hall–Kier alpha value is -1.89. The van der Waals surface area contributed by atoms with Crippen LogP contribution in [0.5, 0.6) is 11.5 Å². The first-order valence-electron chi connectivity index (χ1n) is 6.74. The van der Waals surface area contributed by atoms with Crippen LogP contribution in [0.3, 0.4) is 0 Å². The topological polar surface area (TPSA) is 73.6 Å². The molecule has 1 amide bonds. The van der Waals surface area contributed by atoms with E-state index in [9.17, 15) is 13.6 Å². The number of alkyl halides is 2. The van der Waals surface area contributed by atoms with Gasteiger partial charge in [0.25, 0.3) is 0 Å². The van der Waals surface area contributed by atoms with E-state index in [1.807, 2.05) is 0 Å². The molecular formula is C14H20F2N2O3. The molecule has 0 radical (unpaired) electrons. The molecule has 0 atom stereocenters. The van der Waals surface area contributed by atoms with Gasteiger partial charge < -0.3 is 20.5 Å². The van der Waals surface area contributed by atoms with Crippen molar-refractivity contribution in [2.45, 2.75) is 32.9 Å². The predicted molar refractivity (Wildman–Crippen MR) is 74.4 cm³/mol. The number of hydrogen-bond acceptors (Lipinski definition) is 4. The van der Waals surface area contributed by atoms with E-state index in [1.165, 1.54) is 0 Å². The molecule has 0 aliphatic rings. The van der Waals surface area contributed by atoms with Gasteiger partial charge in [0.15, 0.2) is 11.5 Å². The first kappa shape index (κ1) is 17.2. The maximum absolute atomic E-state index is 12.5. The summed E-state index contributed by atoms with van der Waals surface area (Å²) in [6, 6.07) is 4.80. The van der Waals surface area contributed by atoms with Crippen molar-refractivity contribution < 1.29 is 23.0 Å². The zero-order chi connectivity index (χ0) is 15.7. The highest BCUT2D eigenvalue weighted by Gasteiger charge is 2.16. The number of amides is 1. The van der Waals surface area contributed by atoms with Crippen LogP contribution in [-0.4, -0.2) is 25.7 Å². The lowest BCUT2D eigenvalue weighted by Crippen LogP contribution is -2.23. The Morgan fingerprint density at radius 3 is 2.81 bits per heavy atom. The van der Waals surface area contributed by atoms with Gasteiger partial charge in [0, 0.05) is 18.5 Å². The van der Waals surface area contributed by atoms with Crippen molar-refractivity contribution in [3.63, 3.8) is 0 Å². The normalized spacial score (nSPS) is 10.5. The summed E-state index contributed by atoms with van der Waals surface area (Å²) in [5.74, 6) is -0.00904. The average molecular weight is 302 g/mol. The Bertz CT molecular complexity index is 456. The molecule has 118 valence electrons. The second-order valence-corrected chi connectivity index (χ2v) is 4.22. The van der Waals surface area contributed by atoms with Gasteiger partial charge >= 0.3 is 6.61 Å². The van der Waals surface area contributed by atoms with Crippen molar-refractivity contribution in [1.82, 2.24) is 5.32 Å². The number of nitrogens with one attached hydrogen (secondary N) is 1. The first-order chi connectivity index (χ1) is 10.1. The zero-order valence-electron chi connectivity index (χ0n) is 11.9. The van der Waals surface area contributed by atoms with Gasteiger partial charge in [-0.25, -0.2) is 0 Å². The standard InChI is InChI=1S/C14H20F2N2O3/c1-2-20-11-6-3-5-10(13(11)21-14(15)16)9-18-12(19)7-4-8-17/h3,5-6,14H,2,4,7-9,17H2,1H3,(H,18,19). The predicted octanol–water partition coefficient (Wildman–Crippen LogP) is 2.04. The maximum Gasteiger partial charge on any atom is 0.387 e. The Balaban J connectivity index is 2.79. The lowest BCUT2D eigenvalue weighted by Gasteiger charge is -2.15. The second kappa shape index (κ2) is 9.12. The van der Waals surface area contributed by atoms with Crippen molar-refractivity contribution in [3.8, 4) is 11.5 Å². The summed E-state index contributed by atoms with van der Waals surface area (Å²) in [4.78, 5) is 11.5. The number of para-hydroxylation sites is 1. The number of benzene rings is 1. The third-order valence-electron chi connectivity index (χ3n) is 2.65. The Kier molecular flexibility index (Phi) is 7.45. The summed E-state index contributed by atoms with van der Waals surface area (Å²) in [6.45, 7) is -0.378. The molecule has 7 heteroatoms. The second-order valence-electron chi connectivity index (χ2n) is 4.22. The third kappa shape index (κ3) is 5.95. The van der Waals surface area contributed by atoms with E-state index in [-0.39, 0.29) is 24.0 Å². The molecule has 0 aliphatic heterocycles. The van der Waals surface area contributed by atoms with Crippen LogP contribution < -0.4 is 20.5 Å². The van der Waals surface area contributed by atoms with E-state index in [2.05, 4.69) is 10.1 Å². The largest absolute Gasteiger partial charge is 0.490 e. The Morgan fingerprint density at radius 1 is 1.43 bits per heavy atom. The van der Waals surface area contributed by atoms with E-state index in [0.29, 0.717) is 31.6 Å². The minimum Gasteiger partial charge on any atom is -0.490 e. The fourth-order valence-corrected chi connectivity index (χ4v) is 1.74. The molecule has 0 heterocycles. The van der Waals surface area contributed by atoms with Crippen molar-refractivity contribution in [2.75, 3.05) is 13.2 Å². The third-order valence-corrected chi connectivity index (χ3v) is 2.65. The van der Waals surface area contributed by atoms with Gasteiger partial charge in [-0.1, -0.05) is 12.1 Å². The van der Waals surface area contributed by atoms with E-state index >= 15 is 0 Å². The molecule has 0 aromatic heterocycles. The van der Waals surface area contributed by atoms with Gasteiger partial charge in [0.05, 0.1) is 6.61 Å². The number of rotatable bonds is 9. The number of carbonyl (C=O) groups excluding carboxylic acids is 1. The molecule has 1 aromatic carbocycles. The lowest BCUT2D eigenvalue weighted by molar-refractivity contribution is -0.121. The SMILES string of the molecule is CCOc1cccc(CNC(=O)CCCN)c1OC(F)F. The van der Waals surface area contributed by atoms with Crippen LogP contribution in [-0.2, 0) is 11.3 Å². The van der Waals surface area contributed by atoms with Crippen LogP contribution in [0, 0.1) is 0 Å². The summed E-state index contributed by atoms with van der Waals surface area (Å²) in [5, 5.41) is 2.64. The lowest BCUT2D eigenvalue weighted by atomic mass is 10.1. The van der Waals surface area contributed by atoms with Gasteiger partial charge in [-0.2, -0.15) is 8.78 Å². The number of ether oxygens (including phenoxy) is 2. The Labute approximate surface area is 122 Å². The molecule has 0 saturated carbocycles. The van der Waals surface area contributed by atoms with Crippen molar-refractivity contribution in [2.24, 2.45) is 5.73 Å². The van der Waals surface area contributed by atoms with E-state index in [4.69, 9.17) is 10.5 Å². The quantitative estimate of drug-likeness (QED) is 0.732. The van der Waals surface area contributed by atoms with Gasteiger partial charge in [0.2, 0.25) is 5.91 Å². The molecule has 1 aromatic rings. The summed E-state index contributed by atoms with van der Waals surface area (Å²) in [7, 11) is 0. The molecule has 21 heavy (non-hydrogen) atoms. The molecule has 3 N–H and O–H groups in total. The Morgan fingerprint density at radius 2 is 2.19 bits per heavy atom. The number of nitrogens with two attached hydrogens (primary N) is 1. The fraction of sp³-hybridized carbons (Fsp3) is 0.500. The van der Waals surface area contributed by atoms with Gasteiger partial charge in [-0.3, -0.25) is 4.79 Å². The van der Waals surface area contributed by atoms with Gasteiger partial charge in [-0.15, -0.1) is 0 Å². The van der Waals surface area contributed by atoms with Crippen LogP contribution in [0.2, 0.25) is 0 Å². The van der Waals surface area contributed by atoms with Crippen LogP contribution in [0.1, 0.15) is 25.3 Å². The smallest absolute Gasteiger partial charge is 0.387 e. The first-order valence-corrected chi connectivity index (χ1v) is 6.74. The molecule has 5 nitrogen and oxygen atoms in total. The molecule has 0 aliphatic carbocycles. The summed E-state index contributed by atoms with van der Waals surface area (Å²) in [6.07, 6.45) is 0.873. The van der Waals surface area contributed by atoms with Crippen LogP contribution in [0.4, 0.5) is 8.78 Å². The van der Waals surface area contributed by atoms with E-state index in [1.54, 1.807) is 25.1 Å². The molecule has 0 spiro atoms. The summed E-state index contributed by atoms with van der Waals surface area (Å²) >= 11 is 0. The highest BCUT2D eigenvalue weighted by molar-refractivity contribution is 5.76. The minimum absolute atomic E-state index is 0.0477. The van der Waals surface area contributed by atoms with Gasteiger partial charge in [-0.05, 0) is 26.0 Å². The van der Waals surface area contributed by atoms with E-state index < -0.39 is 6.61 Å². The van der Waals surface area contributed by atoms with Crippen molar-refractivity contribution in [3.05, 3.63) is 23.8 Å².